The molecule has 2 N–H and O–H groups in total. The van der Waals surface area contributed by atoms with E-state index in [1.54, 1.807) is 6.33 Å². The van der Waals surface area contributed by atoms with Crippen LogP contribution in [0.2, 0.25) is 5.02 Å². The fourth-order valence-electron chi connectivity index (χ4n) is 3.71. The molecule has 2 aromatic heterocycles. The van der Waals surface area contributed by atoms with Crippen molar-refractivity contribution in [3.63, 3.8) is 0 Å². The first-order valence-electron chi connectivity index (χ1n) is 8.75. The van der Waals surface area contributed by atoms with Crippen LogP contribution < -0.4 is 5.32 Å². The number of benzene rings is 2. The summed E-state index contributed by atoms with van der Waals surface area (Å²) in [6.45, 7) is 1.57. The molecular weight excluding hydrogens is 346 g/mol. The molecule has 1 unspecified atom stereocenters. The Bertz CT molecular complexity index is 1080. The number of para-hydroxylation sites is 2. The van der Waals surface area contributed by atoms with E-state index in [2.05, 4.69) is 38.1 Å². The zero-order chi connectivity index (χ0) is 17.5. The first kappa shape index (κ1) is 15.6. The van der Waals surface area contributed by atoms with Gasteiger partial charge >= 0.3 is 0 Å². The van der Waals surface area contributed by atoms with Crippen LogP contribution in [-0.2, 0) is 13.0 Å². The number of nitrogens with one attached hydrogen (secondary N) is 2. The summed E-state index contributed by atoms with van der Waals surface area (Å²) in [5.74, 6) is 0.971. The number of aromatic amines is 1. The fourth-order valence-corrected chi connectivity index (χ4v) is 3.91. The summed E-state index contributed by atoms with van der Waals surface area (Å²) in [6, 6.07) is 16.2. The monoisotopic (exact) mass is 363 g/mol. The molecule has 6 heteroatoms. The second-order valence-corrected chi connectivity index (χ2v) is 6.95. The number of imidazole rings is 2. The summed E-state index contributed by atoms with van der Waals surface area (Å²) in [6.07, 6.45) is 2.72. The Morgan fingerprint density at radius 1 is 1.12 bits per heavy atom. The van der Waals surface area contributed by atoms with E-state index in [1.807, 2.05) is 30.3 Å². The number of hydrogen-bond acceptors (Lipinski definition) is 3. The van der Waals surface area contributed by atoms with Gasteiger partial charge in [-0.05, 0) is 23.8 Å². The van der Waals surface area contributed by atoms with E-state index in [-0.39, 0.29) is 6.04 Å². The van der Waals surface area contributed by atoms with Gasteiger partial charge in [0.2, 0.25) is 0 Å². The molecule has 0 spiro atoms. The molecule has 0 fully saturated rings. The molecule has 5 nitrogen and oxygen atoms in total. The lowest BCUT2D eigenvalue weighted by atomic mass is 10.0. The molecule has 0 saturated carbocycles. The van der Waals surface area contributed by atoms with Gasteiger partial charge in [-0.1, -0.05) is 41.9 Å². The van der Waals surface area contributed by atoms with Gasteiger partial charge in [0.25, 0.3) is 0 Å². The van der Waals surface area contributed by atoms with Crippen molar-refractivity contribution in [2.24, 2.45) is 0 Å². The Morgan fingerprint density at radius 2 is 1.96 bits per heavy atom. The van der Waals surface area contributed by atoms with Crippen LogP contribution in [0, 0.1) is 0 Å². The summed E-state index contributed by atoms with van der Waals surface area (Å²) >= 11 is 6.43. The number of rotatable bonds is 3. The number of fused-ring (bicyclic) bond motifs is 2. The molecule has 3 heterocycles. The predicted molar refractivity (Wildman–Crippen MR) is 102 cm³/mol. The van der Waals surface area contributed by atoms with Crippen LogP contribution in [0.15, 0.2) is 54.9 Å². The van der Waals surface area contributed by atoms with Gasteiger partial charge in [-0.15, -0.1) is 0 Å². The topological polar surface area (TPSA) is 58.5 Å². The van der Waals surface area contributed by atoms with E-state index < -0.39 is 0 Å². The lowest BCUT2D eigenvalue weighted by Gasteiger charge is -2.23. The Hall–Kier alpha value is -2.63. The highest BCUT2D eigenvalue weighted by molar-refractivity contribution is 6.31. The third-order valence-electron chi connectivity index (χ3n) is 4.98. The molecule has 130 valence electrons. The van der Waals surface area contributed by atoms with Crippen LogP contribution in [0.1, 0.15) is 28.8 Å². The molecule has 0 saturated heterocycles. The van der Waals surface area contributed by atoms with Crippen LogP contribution >= 0.6 is 11.6 Å². The molecule has 4 aromatic rings. The zero-order valence-corrected chi connectivity index (χ0v) is 14.9. The third-order valence-corrected chi connectivity index (χ3v) is 5.35. The molecular formula is C20H18ClN5. The van der Waals surface area contributed by atoms with E-state index in [4.69, 9.17) is 16.6 Å². The fraction of sp³-hybridized carbons (Fsp3) is 0.200. The van der Waals surface area contributed by atoms with E-state index in [9.17, 15) is 0 Å². The lowest BCUT2D eigenvalue weighted by molar-refractivity contribution is 0.514. The van der Waals surface area contributed by atoms with Crippen LogP contribution in [0.4, 0.5) is 0 Å². The molecule has 1 aliphatic rings. The summed E-state index contributed by atoms with van der Waals surface area (Å²) in [5.41, 5.74) is 5.39. The highest BCUT2D eigenvalue weighted by Crippen LogP contribution is 2.30. The minimum Gasteiger partial charge on any atom is -0.348 e. The van der Waals surface area contributed by atoms with Gasteiger partial charge < -0.3 is 14.9 Å². The van der Waals surface area contributed by atoms with Crippen LogP contribution in [-0.4, -0.2) is 26.1 Å². The highest BCUT2D eigenvalue weighted by atomic mass is 35.5. The van der Waals surface area contributed by atoms with Crippen molar-refractivity contribution < 1.29 is 0 Å². The molecule has 0 amide bonds. The molecule has 2 aromatic carbocycles. The maximum atomic E-state index is 6.43. The average molecular weight is 364 g/mol. The van der Waals surface area contributed by atoms with Crippen molar-refractivity contribution in [1.29, 1.82) is 0 Å². The Balaban J connectivity index is 1.68. The van der Waals surface area contributed by atoms with Gasteiger partial charge in [0.05, 0.1) is 29.6 Å². The maximum Gasteiger partial charge on any atom is 0.133 e. The number of H-pyrrole nitrogens is 1. The van der Waals surface area contributed by atoms with Gasteiger partial charge in [0.1, 0.15) is 11.9 Å². The normalized spacial score (nSPS) is 16.7. The third kappa shape index (κ3) is 2.52. The Labute approximate surface area is 156 Å². The molecule has 1 aliphatic heterocycles. The summed E-state index contributed by atoms with van der Waals surface area (Å²) in [7, 11) is 0. The predicted octanol–water partition coefficient (Wildman–Crippen LogP) is 3.70. The molecule has 1 atom stereocenters. The van der Waals surface area contributed by atoms with Crippen molar-refractivity contribution >= 4 is 22.6 Å². The second-order valence-electron chi connectivity index (χ2n) is 6.54. The quantitative estimate of drug-likeness (QED) is 0.583. The summed E-state index contributed by atoms with van der Waals surface area (Å²) in [4.78, 5) is 12.8. The Morgan fingerprint density at radius 3 is 2.88 bits per heavy atom. The highest BCUT2D eigenvalue weighted by Gasteiger charge is 2.28. The van der Waals surface area contributed by atoms with Crippen molar-refractivity contribution in [3.8, 4) is 0 Å². The van der Waals surface area contributed by atoms with Crippen molar-refractivity contribution in [2.75, 3.05) is 6.54 Å². The first-order valence-corrected chi connectivity index (χ1v) is 9.13. The number of nitrogens with zero attached hydrogens (tertiary/aromatic N) is 3. The van der Waals surface area contributed by atoms with Crippen molar-refractivity contribution in [1.82, 2.24) is 24.8 Å². The maximum absolute atomic E-state index is 6.43. The molecule has 26 heavy (non-hydrogen) atoms. The van der Waals surface area contributed by atoms with Crippen LogP contribution in [0.25, 0.3) is 11.0 Å². The lowest BCUT2D eigenvalue weighted by Crippen LogP contribution is -2.32. The summed E-state index contributed by atoms with van der Waals surface area (Å²) < 4.78 is 2.25. The van der Waals surface area contributed by atoms with E-state index in [1.165, 1.54) is 5.69 Å². The molecule has 0 aliphatic carbocycles. The molecule has 5 rings (SSSR count). The van der Waals surface area contributed by atoms with Crippen LogP contribution in [0.3, 0.4) is 0 Å². The average Bonchev–Trinajstić information content (AvgIpc) is 3.28. The van der Waals surface area contributed by atoms with Crippen molar-refractivity contribution in [3.05, 3.63) is 82.7 Å². The van der Waals surface area contributed by atoms with Crippen molar-refractivity contribution in [2.45, 2.75) is 19.0 Å². The smallest absolute Gasteiger partial charge is 0.133 e. The van der Waals surface area contributed by atoms with Gasteiger partial charge in [-0.3, -0.25) is 0 Å². The minimum atomic E-state index is -0.0279. The number of aromatic nitrogens is 4. The number of hydrogen-bond donors (Lipinski definition) is 2. The number of halogens is 1. The second kappa shape index (κ2) is 6.27. The molecule has 0 bridgehead atoms. The minimum absolute atomic E-state index is 0.0279. The van der Waals surface area contributed by atoms with Crippen LogP contribution in [0.5, 0.6) is 0 Å². The van der Waals surface area contributed by atoms with E-state index in [0.717, 1.165) is 46.1 Å². The van der Waals surface area contributed by atoms with Gasteiger partial charge in [-0.25, -0.2) is 9.97 Å². The van der Waals surface area contributed by atoms with E-state index >= 15 is 0 Å². The van der Waals surface area contributed by atoms with Gasteiger partial charge in [0.15, 0.2) is 0 Å². The Kier molecular flexibility index (Phi) is 3.76. The summed E-state index contributed by atoms with van der Waals surface area (Å²) in [5, 5.41) is 4.35. The standard InChI is InChI=1S/C20H18ClN5/c21-14-6-2-1-5-13(14)11-26-17-8-4-3-7-15(17)25-20(26)19-18-16(9-10-22-19)23-12-24-18/h1-8,12,19,22H,9-11H2,(H,23,24). The van der Waals surface area contributed by atoms with Gasteiger partial charge in [-0.2, -0.15) is 0 Å². The molecule has 0 radical (unpaired) electrons. The van der Waals surface area contributed by atoms with E-state index in [0.29, 0.717) is 6.54 Å². The zero-order valence-electron chi connectivity index (χ0n) is 14.1. The SMILES string of the molecule is Clc1ccccc1Cn1c(C2NCCc3[nH]cnc32)nc2ccccc21. The van der Waals surface area contributed by atoms with Gasteiger partial charge in [0, 0.05) is 23.7 Å². The first-order chi connectivity index (χ1) is 12.8. The largest absolute Gasteiger partial charge is 0.348 e.